The van der Waals surface area contributed by atoms with Crippen molar-refractivity contribution in [1.82, 2.24) is 10.2 Å². The van der Waals surface area contributed by atoms with Gasteiger partial charge >= 0.3 is 5.69 Å². The van der Waals surface area contributed by atoms with E-state index in [1.165, 1.54) is 0 Å². The van der Waals surface area contributed by atoms with Gasteiger partial charge in [-0.2, -0.15) is 5.10 Å². The van der Waals surface area contributed by atoms with Gasteiger partial charge in [-0.25, -0.2) is 0 Å². The molecule has 2 aromatic rings. The number of rotatable bonds is 0. The van der Waals surface area contributed by atoms with Crippen LogP contribution in [-0.2, 0) is 0 Å². The lowest BCUT2D eigenvalue weighted by Crippen LogP contribution is -1.66. The highest BCUT2D eigenvalue weighted by Gasteiger charge is 2.04. The van der Waals surface area contributed by atoms with Gasteiger partial charge in [0, 0.05) is 11.5 Å². The summed E-state index contributed by atoms with van der Waals surface area (Å²) in [5, 5.41) is 16.0. The first-order valence-corrected chi connectivity index (χ1v) is 3.18. The fraction of sp³-hybridized carbons (Fsp3) is 0. The van der Waals surface area contributed by atoms with Crippen LogP contribution in [0.5, 0.6) is 0 Å². The Bertz CT molecular complexity index is 423. The smallest absolute Gasteiger partial charge is 0.278 e. The van der Waals surface area contributed by atoms with Crippen molar-refractivity contribution in [3.63, 3.8) is 0 Å². The van der Waals surface area contributed by atoms with Gasteiger partial charge in [0.1, 0.15) is 0 Å². The molecule has 1 N–H and O–H groups in total. The minimum absolute atomic E-state index is 0.529. The molecule has 1 heterocycles. The van der Waals surface area contributed by atoms with E-state index in [-0.39, 0.29) is 0 Å². The van der Waals surface area contributed by atoms with Crippen molar-refractivity contribution in [1.29, 1.82) is 5.39 Å². The number of H-pyrrole nitrogens is 1. The van der Waals surface area contributed by atoms with Crippen LogP contribution in [-0.4, -0.2) is 10.2 Å². The fourth-order valence-electron chi connectivity index (χ4n) is 0.987. The van der Waals surface area contributed by atoms with E-state index in [2.05, 4.69) is 15.2 Å². The van der Waals surface area contributed by atoms with Crippen molar-refractivity contribution in [3.8, 4) is 0 Å². The maximum atomic E-state index is 8.43. The summed E-state index contributed by atoms with van der Waals surface area (Å²) in [5.41, 5.74) is 1.40. The van der Waals surface area contributed by atoms with Crippen LogP contribution >= 0.6 is 0 Å². The normalized spacial score (nSPS) is 9.73. The maximum absolute atomic E-state index is 8.43. The third-order valence-electron chi connectivity index (χ3n) is 1.54. The summed E-state index contributed by atoms with van der Waals surface area (Å²) in [6.07, 6.45) is 1.72. The summed E-state index contributed by atoms with van der Waals surface area (Å²) in [6.45, 7) is 0. The largest absolute Gasteiger partial charge is 0.387 e. The number of hydrogen-bond donors (Lipinski definition) is 1. The minimum atomic E-state index is 0.529. The van der Waals surface area contributed by atoms with Crippen molar-refractivity contribution in [2.75, 3.05) is 0 Å². The maximum Gasteiger partial charge on any atom is 0.387 e. The van der Waals surface area contributed by atoms with Gasteiger partial charge in [-0.1, -0.05) is 0 Å². The second-order valence-corrected chi connectivity index (χ2v) is 2.24. The molecule has 1 aromatic carbocycles. The molecular weight excluding hydrogens is 140 g/mol. The Hall–Kier alpha value is -1.89. The van der Waals surface area contributed by atoms with Crippen molar-refractivity contribution in [3.05, 3.63) is 29.4 Å². The molecule has 0 saturated carbocycles. The lowest BCUT2D eigenvalue weighted by atomic mass is 10.2. The van der Waals surface area contributed by atoms with Gasteiger partial charge in [0.05, 0.1) is 17.8 Å². The van der Waals surface area contributed by atoms with Crippen LogP contribution in [0.3, 0.4) is 0 Å². The Labute approximate surface area is 62.5 Å². The Morgan fingerprint density at radius 1 is 1.45 bits per heavy atom. The highest BCUT2D eigenvalue weighted by Crippen LogP contribution is 2.18. The summed E-state index contributed by atoms with van der Waals surface area (Å²) in [5.74, 6) is 0. The minimum Gasteiger partial charge on any atom is -0.278 e. The van der Waals surface area contributed by atoms with E-state index in [0.717, 1.165) is 10.9 Å². The predicted molar refractivity (Wildman–Crippen MR) is 40.8 cm³/mol. The third kappa shape index (κ3) is 0.829. The molecule has 52 valence electrons. The third-order valence-corrected chi connectivity index (χ3v) is 1.54. The molecule has 0 aliphatic heterocycles. The molecule has 0 aliphatic rings. The van der Waals surface area contributed by atoms with Crippen LogP contribution in [0, 0.1) is 5.39 Å². The van der Waals surface area contributed by atoms with E-state index >= 15 is 0 Å². The Morgan fingerprint density at radius 3 is 3.18 bits per heavy atom. The monoisotopic (exact) mass is 145 g/mol. The summed E-state index contributed by atoms with van der Waals surface area (Å²) in [7, 11) is 0. The topological polar surface area (TPSA) is 56.8 Å². The molecule has 0 atom stereocenters. The number of fused-ring (bicyclic) bond motifs is 1. The molecular formula is C7H5N4+. The van der Waals surface area contributed by atoms with Crippen molar-refractivity contribution < 1.29 is 0 Å². The lowest BCUT2D eigenvalue weighted by molar-refractivity contribution is 1.12. The first-order valence-electron chi connectivity index (χ1n) is 3.18. The van der Waals surface area contributed by atoms with E-state index in [9.17, 15) is 0 Å². The highest BCUT2D eigenvalue weighted by molar-refractivity contribution is 5.81. The van der Waals surface area contributed by atoms with Crippen molar-refractivity contribution in [2.24, 2.45) is 0 Å². The van der Waals surface area contributed by atoms with Crippen LogP contribution in [0.15, 0.2) is 24.4 Å². The average Bonchev–Trinajstić information content (AvgIpc) is 2.50. The summed E-state index contributed by atoms with van der Waals surface area (Å²) in [4.78, 5) is 3.05. The molecule has 0 amide bonds. The summed E-state index contributed by atoms with van der Waals surface area (Å²) < 4.78 is 0. The van der Waals surface area contributed by atoms with E-state index in [1.807, 2.05) is 6.07 Å². The van der Waals surface area contributed by atoms with E-state index in [4.69, 9.17) is 5.39 Å². The van der Waals surface area contributed by atoms with E-state index in [1.54, 1.807) is 18.3 Å². The van der Waals surface area contributed by atoms with Gasteiger partial charge in [0.25, 0.3) is 0 Å². The SMILES string of the molecule is N#[N+]c1ccc2cn[nH]c2c1. The van der Waals surface area contributed by atoms with Gasteiger partial charge in [0.15, 0.2) is 4.98 Å². The predicted octanol–water partition coefficient (Wildman–Crippen LogP) is 2.05. The number of benzene rings is 1. The van der Waals surface area contributed by atoms with E-state index in [0.29, 0.717) is 5.69 Å². The molecule has 0 aliphatic carbocycles. The zero-order valence-electron chi connectivity index (χ0n) is 5.65. The van der Waals surface area contributed by atoms with Crippen LogP contribution < -0.4 is 0 Å². The van der Waals surface area contributed by atoms with Crippen molar-refractivity contribution in [2.45, 2.75) is 0 Å². The quantitative estimate of drug-likeness (QED) is 0.576. The number of diazo groups is 1. The summed E-state index contributed by atoms with van der Waals surface area (Å²) >= 11 is 0. The lowest BCUT2D eigenvalue weighted by Gasteiger charge is -1.80. The van der Waals surface area contributed by atoms with Crippen LogP contribution in [0.25, 0.3) is 15.9 Å². The van der Waals surface area contributed by atoms with Gasteiger partial charge in [-0.3, -0.25) is 5.10 Å². The zero-order chi connectivity index (χ0) is 7.68. The van der Waals surface area contributed by atoms with E-state index < -0.39 is 0 Å². The Balaban J connectivity index is 2.79. The Kier molecular flexibility index (Phi) is 1.10. The Morgan fingerprint density at radius 2 is 2.36 bits per heavy atom. The first kappa shape index (κ1) is 5.86. The first-order chi connectivity index (χ1) is 5.40. The fourth-order valence-corrected chi connectivity index (χ4v) is 0.987. The molecule has 0 radical (unpaired) electrons. The second-order valence-electron chi connectivity index (χ2n) is 2.24. The molecule has 11 heavy (non-hydrogen) atoms. The molecule has 0 fully saturated rings. The second kappa shape index (κ2) is 2.06. The number of nitrogens with zero attached hydrogens (tertiary/aromatic N) is 3. The number of nitrogens with one attached hydrogen (secondary N) is 1. The zero-order valence-corrected chi connectivity index (χ0v) is 5.65. The molecule has 0 bridgehead atoms. The highest BCUT2D eigenvalue weighted by atomic mass is 15.1. The van der Waals surface area contributed by atoms with Crippen LogP contribution in [0.1, 0.15) is 0 Å². The van der Waals surface area contributed by atoms with Gasteiger partial charge in [0.2, 0.25) is 5.39 Å². The molecule has 2 rings (SSSR count). The van der Waals surface area contributed by atoms with Gasteiger partial charge < -0.3 is 0 Å². The van der Waals surface area contributed by atoms with Gasteiger partial charge in [-0.05, 0) is 6.07 Å². The van der Waals surface area contributed by atoms with Crippen molar-refractivity contribution >= 4 is 16.6 Å². The molecule has 4 heteroatoms. The number of aromatic nitrogens is 2. The van der Waals surface area contributed by atoms with Crippen LogP contribution in [0.2, 0.25) is 0 Å². The summed E-state index contributed by atoms with van der Waals surface area (Å²) in [6, 6.07) is 5.29. The molecule has 0 saturated heterocycles. The standard InChI is InChI=1S/C7H5N4/c8-10-6-2-1-5-4-9-11-7(5)3-6/h1-4H,(H,9,11)/q+1. The molecule has 0 unspecified atom stereocenters. The molecule has 0 spiro atoms. The number of aromatic amines is 1. The van der Waals surface area contributed by atoms with Crippen LogP contribution in [0.4, 0.5) is 5.69 Å². The molecule has 4 nitrogen and oxygen atoms in total. The average molecular weight is 145 g/mol. The molecule has 1 aromatic heterocycles. The number of hydrogen-bond acceptors (Lipinski definition) is 2. The van der Waals surface area contributed by atoms with Gasteiger partial charge in [-0.15, -0.1) is 0 Å².